The highest BCUT2D eigenvalue weighted by Gasteiger charge is 2.31. The molecule has 0 amide bonds. The summed E-state index contributed by atoms with van der Waals surface area (Å²) in [6, 6.07) is 4.49. The minimum absolute atomic E-state index is 0.00410. The van der Waals surface area contributed by atoms with E-state index in [0.717, 1.165) is 6.08 Å². The summed E-state index contributed by atoms with van der Waals surface area (Å²) in [5.74, 6) is 0. The normalized spacial score (nSPS) is 10.4. The summed E-state index contributed by atoms with van der Waals surface area (Å²) in [5, 5.41) is 16.5. The molecule has 1 rings (SSSR count). The fraction of sp³-hybridized carbons (Fsp3) is 0.0909. The van der Waals surface area contributed by atoms with E-state index in [1.165, 1.54) is 0 Å². The fourth-order valence-electron chi connectivity index (χ4n) is 1.12. The van der Waals surface area contributed by atoms with E-state index in [2.05, 4.69) is 0 Å². The van der Waals surface area contributed by atoms with Gasteiger partial charge in [-0.25, -0.2) is 0 Å². The van der Waals surface area contributed by atoms with Crippen LogP contribution in [0.25, 0.3) is 6.08 Å². The van der Waals surface area contributed by atoms with E-state index in [0.29, 0.717) is 12.1 Å². The van der Waals surface area contributed by atoms with Gasteiger partial charge in [-0.2, -0.15) is 23.7 Å². The number of hydrogen-bond acceptors (Lipinski definition) is 2. The first kappa shape index (κ1) is 14.4. The number of alkyl halides is 3. The van der Waals surface area contributed by atoms with Crippen molar-refractivity contribution in [3.05, 3.63) is 38.9 Å². The third-order valence-electron chi connectivity index (χ3n) is 1.94. The molecule has 0 aromatic heterocycles. The zero-order chi connectivity index (χ0) is 13.9. The van der Waals surface area contributed by atoms with Crippen LogP contribution in [0.2, 0.25) is 10.0 Å². The van der Waals surface area contributed by atoms with Crippen molar-refractivity contribution in [2.75, 3.05) is 0 Å². The lowest BCUT2D eigenvalue weighted by Crippen LogP contribution is -2.05. The molecule has 92 valence electrons. The van der Waals surface area contributed by atoms with Gasteiger partial charge in [0.25, 0.3) is 0 Å². The van der Waals surface area contributed by atoms with Crippen LogP contribution < -0.4 is 0 Å². The maximum Gasteiger partial charge on any atom is 0.416 e. The Kier molecular flexibility index (Phi) is 4.24. The molecule has 7 heteroatoms. The van der Waals surface area contributed by atoms with E-state index >= 15 is 0 Å². The van der Waals surface area contributed by atoms with Gasteiger partial charge in [0.05, 0.1) is 5.56 Å². The van der Waals surface area contributed by atoms with Gasteiger partial charge in [0.1, 0.15) is 17.7 Å². The molecule has 1 aromatic carbocycles. The predicted molar refractivity (Wildman–Crippen MR) is 60.7 cm³/mol. The Hall–Kier alpha value is -1.69. The van der Waals surface area contributed by atoms with Gasteiger partial charge in [0, 0.05) is 15.6 Å². The highest BCUT2D eigenvalue weighted by molar-refractivity contribution is 6.37. The van der Waals surface area contributed by atoms with Crippen LogP contribution in [-0.4, -0.2) is 0 Å². The second-order valence-electron chi connectivity index (χ2n) is 3.13. The number of nitriles is 2. The Morgan fingerprint density at radius 1 is 1.11 bits per heavy atom. The smallest absolute Gasteiger partial charge is 0.192 e. The summed E-state index contributed by atoms with van der Waals surface area (Å²) >= 11 is 11.3. The van der Waals surface area contributed by atoms with Crippen LogP contribution in [0.5, 0.6) is 0 Å². The molecular formula is C11H3Cl2F3N2. The number of rotatable bonds is 1. The summed E-state index contributed by atoms with van der Waals surface area (Å²) in [5.41, 5.74) is -1.30. The minimum Gasteiger partial charge on any atom is -0.192 e. The van der Waals surface area contributed by atoms with E-state index in [4.69, 9.17) is 33.7 Å². The zero-order valence-corrected chi connectivity index (χ0v) is 10.0. The van der Waals surface area contributed by atoms with E-state index in [9.17, 15) is 13.2 Å². The summed E-state index contributed by atoms with van der Waals surface area (Å²) in [6.45, 7) is 0. The van der Waals surface area contributed by atoms with Gasteiger partial charge >= 0.3 is 6.18 Å². The van der Waals surface area contributed by atoms with Crippen LogP contribution in [0.1, 0.15) is 11.1 Å². The van der Waals surface area contributed by atoms with Gasteiger partial charge in [-0.1, -0.05) is 23.2 Å². The molecule has 0 aliphatic rings. The molecule has 0 saturated heterocycles. The Balaban J connectivity index is 3.41. The molecule has 0 aliphatic carbocycles. The van der Waals surface area contributed by atoms with Crippen molar-refractivity contribution in [2.24, 2.45) is 0 Å². The lowest BCUT2D eigenvalue weighted by atomic mass is 10.1. The van der Waals surface area contributed by atoms with E-state index < -0.39 is 11.7 Å². The van der Waals surface area contributed by atoms with Gasteiger partial charge in [0.2, 0.25) is 0 Å². The molecule has 0 fully saturated rings. The number of benzene rings is 1. The molecule has 0 heterocycles. The molecule has 0 bridgehead atoms. The van der Waals surface area contributed by atoms with Crippen molar-refractivity contribution in [3.63, 3.8) is 0 Å². The maximum atomic E-state index is 12.4. The average molecular weight is 291 g/mol. The van der Waals surface area contributed by atoms with Gasteiger partial charge < -0.3 is 0 Å². The molecular weight excluding hydrogens is 288 g/mol. The molecule has 1 aromatic rings. The highest BCUT2D eigenvalue weighted by atomic mass is 35.5. The summed E-state index contributed by atoms with van der Waals surface area (Å²) in [6.07, 6.45) is -3.53. The van der Waals surface area contributed by atoms with Crippen LogP contribution in [0.3, 0.4) is 0 Å². The summed E-state index contributed by atoms with van der Waals surface area (Å²) < 4.78 is 37.3. The largest absolute Gasteiger partial charge is 0.416 e. The van der Waals surface area contributed by atoms with E-state index in [1.54, 1.807) is 12.1 Å². The van der Waals surface area contributed by atoms with Crippen molar-refractivity contribution in [3.8, 4) is 12.1 Å². The summed E-state index contributed by atoms with van der Waals surface area (Å²) in [7, 11) is 0. The van der Waals surface area contributed by atoms with Crippen LogP contribution in [0, 0.1) is 22.7 Å². The first-order valence-corrected chi connectivity index (χ1v) is 5.13. The third-order valence-corrected chi connectivity index (χ3v) is 2.56. The number of halogens is 5. The molecule has 0 saturated carbocycles. The molecule has 0 unspecified atom stereocenters. The summed E-state index contributed by atoms with van der Waals surface area (Å²) in [4.78, 5) is 0. The van der Waals surface area contributed by atoms with Gasteiger partial charge in [-0.05, 0) is 18.2 Å². The van der Waals surface area contributed by atoms with Crippen molar-refractivity contribution in [2.45, 2.75) is 6.18 Å². The molecule has 0 radical (unpaired) electrons. The van der Waals surface area contributed by atoms with Crippen molar-refractivity contribution in [1.82, 2.24) is 0 Å². The second kappa shape index (κ2) is 5.30. The van der Waals surface area contributed by atoms with Crippen molar-refractivity contribution in [1.29, 1.82) is 10.5 Å². The van der Waals surface area contributed by atoms with Crippen LogP contribution in [-0.2, 0) is 6.18 Å². The Morgan fingerprint density at radius 2 is 1.56 bits per heavy atom. The van der Waals surface area contributed by atoms with Crippen molar-refractivity contribution < 1.29 is 13.2 Å². The number of nitrogens with zero attached hydrogens (tertiary/aromatic N) is 2. The Labute approximate surface area is 110 Å². The van der Waals surface area contributed by atoms with Crippen molar-refractivity contribution >= 4 is 29.3 Å². The van der Waals surface area contributed by atoms with Gasteiger partial charge in [0.15, 0.2) is 0 Å². The van der Waals surface area contributed by atoms with Crippen LogP contribution in [0.4, 0.5) is 13.2 Å². The van der Waals surface area contributed by atoms with Gasteiger partial charge in [-0.3, -0.25) is 0 Å². The fourth-order valence-corrected chi connectivity index (χ4v) is 1.72. The molecule has 2 nitrogen and oxygen atoms in total. The monoisotopic (exact) mass is 290 g/mol. The zero-order valence-electron chi connectivity index (χ0n) is 8.52. The third kappa shape index (κ3) is 3.16. The van der Waals surface area contributed by atoms with E-state index in [-0.39, 0.29) is 21.2 Å². The Bertz CT molecular complexity index is 553. The first-order chi connectivity index (χ1) is 8.29. The topological polar surface area (TPSA) is 47.6 Å². The number of allylic oxidation sites excluding steroid dienone is 1. The second-order valence-corrected chi connectivity index (χ2v) is 3.95. The Morgan fingerprint density at radius 3 is 1.89 bits per heavy atom. The molecule has 0 atom stereocenters. The maximum absolute atomic E-state index is 12.4. The molecule has 0 N–H and O–H groups in total. The van der Waals surface area contributed by atoms with Crippen LogP contribution >= 0.6 is 23.2 Å². The standard InChI is InChI=1S/C11H3Cl2F3N2/c12-9-2-7(11(14,15)16)3-10(13)8(9)1-6(4-17)5-18/h1-3H. The SMILES string of the molecule is N#CC(C#N)=Cc1c(Cl)cc(C(F)(F)F)cc1Cl. The number of hydrogen-bond donors (Lipinski definition) is 0. The molecule has 18 heavy (non-hydrogen) atoms. The molecule has 0 aliphatic heterocycles. The lowest BCUT2D eigenvalue weighted by Gasteiger charge is -2.10. The van der Waals surface area contributed by atoms with Crippen LogP contribution in [0.15, 0.2) is 17.7 Å². The minimum atomic E-state index is -4.57. The highest BCUT2D eigenvalue weighted by Crippen LogP contribution is 2.36. The first-order valence-electron chi connectivity index (χ1n) is 4.37. The lowest BCUT2D eigenvalue weighted by molar-refractivity contribution is -0.137. The average Bonchev–Trinajstić information content (AvgIpc) is 2.27. The molecule has 0 spiro atoms. The predicted octanol–water partition coefficient (Wildman–Crippen LogP) is 4.44. The van der Waals surface area contributed by atoms with Gasteiger partial charge in [-0.15, -0.1) is 0 Å². The quantitative estimate of drug-likeness (QED) is 0.718. The van der Waals surface area contributed by atoms with E-state index in [1.807, 2.05) is 0 Å².